The first-order valence-corrected chi connectivity index (χ1v) is 6.80. The normalized spacial score (nSPS) is 10.1. The summed E-state index contributed by atoms with van der Waals surface area (Å²) in [6.45, 7) is 3.73. The highest BCUT2D eigenvalue weighted by Gasteiger charge is 2.12. The summed E-state index contributed by atoms with van der Waals surface area (Å²) in [6.07, 6.45) is 2.34. The second-order valence-electron chi connectivity index (χ2n) is 4.74. The van der Waals surface area contributed by atoms with Crippen LogP contribution < -0.4 is 9.47 Å². The van der Waals surface area contributed by atoms with E-state index in [0.29, 0.717) is 17.9 Å². The van der Waals surface area contributed by atoms with E-state index in [9.17, 15) is 4.79 Å². The quantitative estimate of drug-likeness (QED) is 0.824. The summed E-state index contributed by atoms with van der Waals surface area (Å²) in [5.41, 5.74) is 3.06. The Kier molecular flexibility index (Phi) is 4.84. The molecule has 4 heteroatoms. The smallest absolute Gasteiger partial charge is 0.335 e. The molecule has 0 spiro atoms. The Morgan fingerprint density at radius 2 is 1.86 bits per heavy atom. The van der Waals surface area contributed by atoms with Gasteiger partial charge in [-0.05, 0) is 47.4 Å². The van der Waals surface area contributed by atoms with Crippen LogP contribution in [0.2, 0.25) is 0 Å². The van der Waals surface area contributed by atoms with E-state index in [1.54, 1.807) is 32.4 Å². The van der Waals surface area contributed by atoms with E-state index in [1.165, 1.54) is 0 Å². The molecule has 4 nitrogen and oxygen atoms in total. The minimum atomic E-state index is -0.941. The number of carboxylic acids is 1. The molecule has 0 saturated carbocycles. The fourth-order valence-electron chi connectivity index (χ4n) is 2.34. The number of methoxy groups -OCH3 is 2. The largest absolute Gasteiger partial charge is 0.493 e. The van der Waals surface area contributed by atoms with Crippen molar-refractivity contribution in [2.75, 3.05) is 14.2 Å². The van der Waals surface area contributed by atoms with Gasteiger partial charge in [0.05, 0.1) is 19.8 Å². The Morgan fingerprint density at radius 3 is 2.45 bits per heavy atom. The summed E-state index contributed by atoms with van der Waals surface area (Å²) in [6, 6.07) is 10.7. The predicted molar refractivity (Wildman–Crippen MR) is 85.8 cm³/mol. The summed E-state index contributed by atoms with van der Waals surface area (Å²) in [5, 5.41) is 9.13. The van der Waals surface area contributed by atoms with Crippen LogP contribution in [0.15, 0.2) is 49.1 Å². The van der Waals surface area contributed by atoms with Gasteiger partial charge in [-0.1, -0.05) is 18.2 Å². The van der Waals surface area contributed by atoms with E-state index in [0.717, 1.165) is 16.7 Å². The lowest BCUT2D eigenvalue weighted by molar-refractivity contribution is 0.0697. The number of rotatable bonds is 6. The number of carbonyl (C=O) groups is 1. The summed E-state index contributed by atoms with van der Waals surface area (Å²) in [7, 11) is 3.17. The first-order valence-electron chi connectivity index (χ1n) is 6.80. The van der Waals surface area contributed by atoms with Gasteiger partial charge in [-0.2, -0.15) is 0 Å². The van der Waals surface area contributed by atoms with Crippen molar-refractivity contribution in [1.82, 2.24) is 0 Å². The Labute approximate surface area is 129 Å². The van der Waals surface area contributed by atoms with Gasteiger partial charge in [0.25, 0.3) is 0 Å². The van der Waals surface area contributed by atoms with Crippen LogP contribution in [0.25, 0.3) is 11.1 Å². The van der Waals surface area contributed by atoms with Gasteiger partial charge in [0.15, 0.2) is 11.5 Å². The molecule has 0 atom stereocenters. The van der Waals surface area contributed by atoms with E-state index < -0.39 is 5.97 Å². The first kappa shape index (κ1) is 15.6. The van der Waals surface area contributed by atoms with Crippen molar-refractivity contribution in [2.24, 2.45) is 0 Å². The van der Waals surface area contributed by atoms with Crippen LogP contribution in [0.1, 0.15) is 15.9 Å². The van der Waals surface area contributed by atoms with Gasteiger partial charge < -0.3 is 14.6 Å². The van der Waals surface area contributed by atoms with E-state index in [1.807, 2.05) is 24.3 Å². The third-order valence-electron chi connectivity index (χ3n) is 3.41. The summed E-state index contributed by atoms with van der Waals surface area (Å²) in [4.78, 5) is 11.1. The average molecular weight is 298 g/mol. The summed E-state index contributed by atoms with van der Waals surface area (Å²) in [5.74, 6) is 0.342. The standard InChI is InChI=1S/C18H18O4/c1-4-5-12-10-14(18(19)20)6-8-15(12)13-7-9-16(21-2)17(11-13)22-3/h4,6-11H,1,5H2,2-3H3,(H,19,20). The van der Waals surface area contributed by atoms with Crippen molar-refractivity contribution < 1.29 is 19.4 Å². The molecule has 0 amide bonds. The predicted octanol–water partition coefficient (Wildman–Crippen LogP) is 3.80. The molecular weight excluding hydrogens is 280 g/mol. The summed E-state index contributed by atoms with van der Waals surface area (Å²) >= 11 is 0. The molecule has 2 aromatic carbocycles. The Hall–Kier alpha value is -2.75. The molecule has 0 aliphatic heterocycles. The Bertz CT molecular complexity index is 704. The molecule has 0 bridgehead atoms. The zero-order chi connectivity index (χ0) is 16.1. The van der Waals surface area contributed by atoms with Crippen molar-refractivity contribution in [1.29, 1.82) is 0 Å². The highest BCUT2D eigenvalue weighted by Crippen LogP contribution is 2.34. The lowest BCUT2D eigenvalue weighted by atomic mass is 9.95. The van der Waals surface area contributed by atoms with Crippen LogP contribution in [0.5, 0.6) is 11.5 Å². The number of ether oxygens (including phenoxy) is 2. The highest BCUT2D eigenvalue weighted by atomic mass is 16.5. The minimum Gasteiger partial charge on any atom is -0.493 e. The van der Waals surface area contributed by atoms with Gasteiger partial charge >= 0.3 is 5.97 Å². The number of aromatic carboxylic acids is 1. The lowest BCUT2D eigenvalue weighted by Gasteiger charge is -2.13. The van der Waals surface area contributed by atoms with Crippen molar-refractivity contribution in [3.63, 3.8) is 0 Å². The molecule has 0 aliphatic rings. The first-order chi connectivity index (χ1) is 10.6. The number of allylic oxidation sites excluding steroid dienone is 1. The van der Waals surface area contributed by atoms with E-state index in [4.69, 9.17) is 14.6 Å². The number of hydrogen-bond acceptors (Lipinski definition) is 3. The maximum atomic E-state index is 11.1. The molecular formula is C18H18O4. The van der Waals surface area contributed by atoms with Gasteiger partial charge in [-0.25, -0.2) is 4.79 Å². The molecule has 0 aliphatic carbocycles. The van der Waals surface area contributed by atoms with Gasteiger partial charge in [-0.15, -0.1) is 6.58 Å². The molecule has 0 radical (unpaired) electrons. The van der Waals surface area contributed by atoms with Crippen LogP contribution in [0.4, 0.5) is 0 Å². The van der Waals surface area contributed by atoms with Crippen LogP contribution in [-0.4, -0.2) is 25.3 Å². The van der Waals surface area contributed by atoms with Crippen molar-refractivity contribution in [2.45, 2.75) is 6.42 Å². The maximum Gasteiger partial charge on any atom is 0.335 e. The number of benzene rings is 2. The fraction of sp³-hybridized carbons (Fsp3) is 0.167. The molecule has 114 valence electrons. The van der Waals surface area contributed by atoms with E-state index in [2.05, 4.69) is 6.58 Å². The van der Waals surface area contributed by atoms with E-state index >= 15 is 0 Å². The Balaban J connectivity index is 2.55. The summed E-state index contributed by atoms with van der Waals surface area (Å²) < 4.78 is 10.6. The monoisotopic (exact) mass is 298 g/mol. The van der Waals surface area contributed by atoms with E-state index in [-0.39, 0.29) is 5.56 Å². The van der Waals surface area contributed by atoms with Crippen LogP contribution in [0.3, 0.4) is 0 Å². The molecule has 0 fully saturated rings. The molecule has 1 N–H and O–H groups in total. The lowest BCUT2D eigenvalue weighted by Crippen LogP contribution is -1.99. The van der Waals surface area contributed by atoms with Crippen LogP contribution in [-0.2, 0) is 6.42 Å². The molecule has 2 aromatic rings. The van der Waals surface area contributed by atoms with Crippen molar-refractivity contribution >= 4 is 5.97 Å². The molecule has 0 saturated heterocycles. The fourth-order valence-corrected chi connectivity index (χ4v) is 2.34. The zero-order valence-electron chi connectivity index (χ0n) is 12.6. The minimum absolute atomic E-state index is 0.265. The SMILES string of the molecule is C=CCc1cc(C(=O)O)ccc1-c1ccc(OC)c(OC)c1. The Morgan fingerprint density at radius 1 is 1.14 bits per heavy atom. The van der Waals surface area contributed by atoms with Gasteiger partial charge in [0, 0.05) is 0 Å². The topological polar surface area (TPSA) is 55.8 Å². The molecule has 2 rings (SSSR count). The number of carboxylic acid groups (broad SMARTS) is 1. The number of hydrogen-bond donors (Lipinski definition) is 1. The second-order valence-corrected chi connectivity index (χ2v) is 4.74. The molecule has 0 unspecified atom stereocenters. The van der Waals surface area contributed by atoms with Gasteiger partial charge in [-0.3, -0.25) is 0 Å². The third-order valence-corrected chi connectivity index (χ3v) is 3.41. The molecule has 0 heterocycles. The van der Waals surface area contributed by atoms with Crippen molar-refractivity contribution in [3.8, 4) is 22.6 Å². The second kappa shape index (κ2) is 6.80. The highest BCUT2D eigenvalue weighted by molar-refractivity contribution is 5.89. The van der Waals surface area contributed by atoms with Gasteiger partial charge in [0.2, 0.25) is 0 Å². The molecule has 22 heavy (non-hydrogen) atoms. The van der Waals surface area contributed by atoms with Crippen LogP contribution in [0, 0.1) is 0 Å². The third kappa shape index (κ3) is 3.11. The van der Waals surface area contributed by atoms with Crippen LogP contribution >= 0.6 is 0 Å². The van der Waals surface area contributed by atoms with Gasteiger partial charge in [0.1, 0.15) is 0 Å². The average Bonchev–Trinajstić information content (AvgIpc) is 2.54. The maximum absolute atomic E-state index is 11.1. The zero-order valence-corrected chi connectivity index (χ0v) is 12.6. The van der Waals surface area contributed by atoms with Crippen molar-refractivity contribution in [3.05, 3.63) is 60.2 Å². The molecule has 0 aromatic heterocycles.